The molecule has 0 saturated carbocycles. The molecule has 0 atom stereocenters. The Hall–Kier alpha value is -3.85. The predicted molar refractivity (Wildman–Crippen MR) is 142 cm³/mol. The molecule has 0 unspecified atom stereocenters. The van der Waals surface area contributed by atoms with Crippen molar-refractivity contribution in [3.05, 3.63) is 98.6 Å². The van der Waals surface area contributed by atoms with Crippen LogP contribution in [0.4, 0.5) is 17.1 Å². The molecule has 3 aromatic carbocycles. The number of anilines is 3. The zero-order valence-electron chi connectivity index (χ0n) is 19.2. The number of nitrogens with one attached hydrogen (secondary N) is 2. The van der Waals surface area contributed by atoms with Crippen molar-refractivity contribution in [1.82, 2.24) is 0 Å². The van der Waals surface area contributed by atoms with Gasteiger partial charge in [0.25, 0.3) is 17.7 Å². The third-order valence-electron chi connectivity index (χ3n) is 5.24. The van der Waals surface area contributed by atoms with Crippen LogP contribution in [0.15, 0.2) is 77.5 Å². The highest BCUT2D eigenvalue weighted by Gasteiger charge is 2.39. The van der Waals surface area contributed by atoms with E-state index in [1.54, 1.807) is 49.4 Å². The second kappa shape index (κ2) is 11.0. The quantitative estimate of drug-likeness (QED) is 0.278. The Bertz CT molecular complexity index is 1450. The Morgan fingerprint density at radius 3 is 2.24 bits per heavy atom. The molecule has 1 aliphatic rings. The zero-order valence-corrected chi connectivity index (χ0v) is 21.4. The first-order chi connectivity index (χ1) is 17.7. The van der Waals surface area contributed by atoms with E-state index < -0.39 is 23.7 Å². The van der Waals surface area contributed by atoms with Crippen LogP contribution < -0.4 is 15.5 Å². The average molecular weight is 559 g/mol. The van der Waals surface area contributed by atoms with Crippen LogP contribution >= 0.6 is 34.8 Å². The average Bonchev–Trinajstić information content (AvgIpc) is 3.09. The summed E-state index contributed by atoms with van der Waals surface area (Å²) in [6, 6.07) is 16.9. The summed E-state index contributed by atoms with van der Waals surface area (Å²) in [6.45, 7) is 1.98. The number of rotatable bonds is 7. The van der Waals surface area contributed by atoms with Crippen molar-refractivity contribution in [3.8, 4) is 0 Å². The minimum atomic E-state index is -0.729. The fourth-order valence-electron chi connectivity index (χ4n) is 3.46. The van der Waals surface area contributed by atoms with Crippen LogP contribution in [0.2, 0.25) is 10.0 Å². The molecule has 11 heteroatoms. The number of nitrogens with zero attached hydrogens (tertiary/aromatic N) is 1. The maximum atomic E-state index is 13.0. The van der Waals surface area contributed by atoms with Gasteiger partial charge in [-0.05, 0) is 67.6 Å². The molecule has 8 nitrogen and oxygen atoms in total. The van der Waals surface area contributed by atoms with E-state index in [0.717, 1.165) is 4.90 Å². The van der Waals surface area contributed by atoms with Crippen molar-refractivity contribution in [2.24, 2.45) is 0 Å². The maximum Gasteiger partial charge on any atom is 0.338 e. The molecule has 37 heavy (non-hydrogen) atoms. The summed E-state index contributed by atoms with van der Waals surface area (Å²) in [7, 11) is 0. The third-order valence-corrected chi connectivity index (χ3v) is 6.33. The number of halogens is 3. The molecule has 4 rings (SSSR count). The number of carbonyl (C=O) groups is 4. The summed E-state index contributed by atoms with van der Waals surface area (Å²) in [6.07, 6.45) is 0. The van der Waals surface area contributed by atoms with E-state index in [1.165, 1.54) is 24.3 Å². The number of imide groups is 1. The van der Waals surface area contributed by atoms with E-state index in [0.29, 0.717) is 16.9 Å². The molecule has 0 radical (unpaired) electrons. The fraction of sp³-hybridized carbons (Fsp3) is 0.0769. The van der Waals surface area contributed by atoms with Crippen LogP contribution in [0.1, 0.15) is 27.6 Å². The highest BCUT2D eigenvalue weighted by molar-refractivity contribution is 6.53. The largest absolute Gasteiger partial charge is 0.462 e. The van der Waals surface area contributed by atoms with Crippen LogP contribution in [0.3, 0.4) is 0 Å². The Morgan fingerprint density at radius 2 is 1.57 bits per heavy atom. The number of carbonyl (C=O) groups excluding carboxylic acids is 4. The predicted octanol–water partition coefficient (Wildman–Crippen LogP) is 5.86. The van der Waals surface area contributed by atoms with Gasteiger partial charge in [0, 0.05) is 16.9 Å². The topological polar surface area (TPSA) is 105 Å². The van der Waals surface area contributed by atoms with Crippen molar-refractivity contribution in [3.63, 3.8) is 0 Å². The molecule has 0 fully saturated rings. The number of hydrogen-bond acceptors (Lipinski definition) is 6. The van der Waals surface area contributed by atoms with E-state index in [9.17, 15) is 19.2 Å². The second-order valence-corrected chi connectivity index (χ2v) is 8.88. The van der Waals surface area contributed by atoms with Gasteiger partial charge in [-0.15, -0.1) is 0 Å². The molecule has 0 aromatic heterocycles. The molecule has 0 saturated heterocycles. The summed E-state index contributed by atoms with van der Waals surface area (Å²) in [4.78, 5) is 51.2. The number of benzene rings is 3. The van der Waals surface area contributed by atoms with Crippen molar-refractivity contribution in [1.29, 1.82) is 0 Å². The molecule has 3 aromatic rings. The highest BCUT2D eigenvalue weighted by Crippen LogP contribution is 2.33. The Balaban J connectivity index is 1.48. The van der Waals surface area contributed by atoms with Crippen LogP contribution in [-0.2, 0) is 14.3 Å². The SMILES string of the molecule is CCOC(=O)c1ccc(NC(=O)c2cccc(NC3=C(Cl)C(=O)N(c4ccc(Cl)c(Cl)c4)C3=O)c2)cc1. The molecule has 0 bridgehead atoms. The van der Waals surface area contributed by atoms with Gasteiger partial charge in [0.1, 0.15) is 10.7 Å². The van der Waals surface area contributed by atoms with Gasteiger partial charge in [-0.1, -0.05) is 40.9 Å². The van der Waals surface area contributed by atoms with Crippen LogP contribution in [0.25, 0.3) is 0 Å². The fourth-order valence-corrected chi connectivity index (χ4v) is 3.96. The Morgan fingerprint density at radius 1 is 0.838 bits per heavy atom. The maximum absolute atomic E-state index is 13.0. The lowest BCUT2D eigenvalue weighted by molar-refractivity contribution is -0.120. The van der Waals surface area contributed by atoms with Crippen LogP contribution in [0, 0.1) is 0 Å². The molecular weight excluding hydrogens is 541 g/mol. The monoisotopic (exact) mass is 557 g/mol. The first kappa shape index (κ1) is 26.2. The zero-order chi connectivity index (χ0) is 26.7. The molecule has 0 spiro atoms. The lowest BCUT2D eigenvalue weighted by Gasteiger charge is -2.16. The van der Waals surface area contributed by atoms with Crippen molar-refractivity contribution < 1.29 is 23.9 Å². The Kier molecular flexibility index (Phi) is 7.83. The summed E-state index contributed by atoms with van der Waals surface area (Å²) in [5.74, 6) is -2.30. The van der Waals surface area contributed by atoms with E-state index in [-0.39, 0.29) is 38.6 Å². The lowest BCUT2D eigenvalue weighted by atomic mass is 10.1. The van der Waals surface area contributed by atoms with Gasteiger partial charge < -0.3 is 15.4 Å². The normalized spacial score (nSPS) is 13.1. The standard InChI is InChI=1S/C26H18Cl3N3O5/c1-2-37-26(36)14-6-8-16(9-7-14)31-23(33)15-4-3-5-17(12-15)30-22-21(29)24(34)32(25(22)35)18-10-11-19(27)20(28)13-18/h3-13,30H,2H2,1H3,(H,31,33). The molecule has 3 amide bonds. The van der Waals surface area contributed by atoms with Gasteiger partial charge in [0.05, 0.1) is 27.9 Å². The van der Waals surface area contributed by atoms with E-state index in [2.05, 4.69) is 10.6 Å². The third kappa shape index (κ3) is 5.61. The summed E-state index contributed by atoms with van der Waals surface area (Å²) in [5, 5.41) is 5.69. The smallest absolute Gasteiger partial charge is 0.338 e. The van der Waals surface area contributed by atoms with Gasteiger partial charge >= 0.3 is 5.97 Å². The van der Waals surface area contributed by atoms with E-state index in [4.69, 9.17) is 39.5 Å². The summed E-state index contributed by atoms with van der Waals surface area (Å²) >= 11 is 18.1. The first-order valence-electron chi connectivity index (χ1n) is 10.9. The molecular formula is C26H18Cl3N3O5. The molecule has 1 aliphatic heterocycles. The molecule has 1 heterocycles. The minimum Gasteiger partial charge on any atom is -0.462 e. The lowest BCUT2D eigenvalue weighted by Crippen LogP contribution is -2.32. The van der Waals surface area contributed by atoms with Gasteiger partial charge in [0.15, 0.2) is 0 Å². The molecule has 0 aliphatic carbocycles. The van der Waals surface area contributed by atoms with Crippen molar-refractivity contribution >= 4 is 75.6 Å². The van der Waals surface area contributed by atoms with Crippen LogP contribution in [0.5, 0.6) is 0 Å². The van der Waals surface area contributed by atoms with Crippen molar-refractivity contribution in [2.45, 2.75) is 6.92 Å². The van der Waals surface area contributed by atoms with Gasteiger partial charge in [0.2, 0.25) is 0 Å². The second-order valence-electron chi connectivity index (χ2n) is 7.69. The minimum absolute atomic E-state index is 0.148. The van der Waals surface area contributed by atoms with E-state index >= 15 is 0 Å². The molecule has 188 valence electrons. The van der Waals surface area contributed by atoms with Gasteiger partial charge in [-0.2, -0.15) is 0 Å². The number of amides is 3. The van der Waals surface area contributed by atoms with Gasteiger partial charge in [-0.25, -0.2) is 9.69 Å². The highest BCUT2D eigenvalue weighted by atomic mass is 35.5. The van der Waals surface area contributed by atoms with Crippen LogP contribution in [-0.4, -0.2) is 30.3 Å². The van der Waals surface area contributed by atoms with Crippen molar-refractivity contribution in [2.75, 3.05) is 22.1 Å². The number of ether oxygens (including phenoxy) is 1. The number of hydrogen-bond donors (Lipinski definition) is 2. The first-order valence-corrected chi connectivity index (χ1v) is 12.0. The number of esters is 1. The molecule has 2 N–H and O–H groups in total. The summed E-state index contributed by atoms with van der Waals surface area (Å²) < 4.78 is 4.94. The Labute approximate surface area is 226 Å². The summed E-state index contributed by atoms with van der Waals surface area (Å²) in [5.41, 5.74) is 1.52. The van der Waals surface area contributed by atoms with E-state index in [1.807, 2.05) is 0 Å². The van der Waals surface area contributed by atoms with Gasteiger partial charge in [-0.3, -0.25) is 14.4 Å².